The van der Waals surface area contributed by atoms with E-state index in [0.29, 0.717) is 11.4 Å². The molecule has 2 aromatic rings. The van der Waals surface area contributed by atoms with E-state index in [2.05, 4.69) is 0 Å². The number of aromatic nitrogens is 1. The minimum atomic E-state index is 0.653. The molecule has 0 aliphatic heterocycles. The largest absolute Gasteiger partial charge is 0.398 e. The van der Waals surface area contributed by atoms with E-state index in [1.165, 1.54) is 0 Å². The summed E-state index contributed by atoms with van der Waals surface area (Å²) >= 11 is 0. The zero-order chi connectivity index (χ0) is 9.59. The summed E-state index contributed by atoms with van der Waals surface area (Å²) in [7, 11) is 0. The highest BCUT2D eigenvalue weighted by Gasteiger charge is 2.08. The van der Waals surface area contributed by atoms with Crippen molar-refractivity contribution in [3.8, 4) is 0 Å². The lowest BCUT2D eigenvalue weighted by Gasteiger charge is -2.03. The van der Waals surface area contributed by atoms with Gasteiger partial charge in [0.1, 0.15) is 0 Å². The third-order valence-electron chi connectivity index (χ3n) is 2.26. The Hall–Kier alpha value is -1.84. The van der Waals surface area contributed by atoms with E-state index in [0.717, 1.165) is 16.6 Å². The second-order valence-electron chi connectivity index (χ2n) is 3.16. The molecule has 13 heavy (non-hydrogen) atoms. The van der Waals surface area contributed by atoms with Gasteiger partial charge in [-0.1, -0.05) is 0 Å². The van der Waals surface area contributed by atoms with Crippen LogP contribution in [-0.4, -0.2) is 4.68 Å². The first-order valence-corrected chi connectivity index (χ1v) is 4.02. The number of fused-ring (bicyclic) bond motifs is 1. The van der Waals surface area contributed by atoms with Gasteiger partial charge in [-0.3, -0.25) is 4.68 Å². The summed E-state index contributed by atoms with van der Waals surface area (Å²) in [5, 5.41) is 0.917. The number of nitrogens with two attached hydrogens (primary N) is 3. The first kappa shape index (κ1) is 7.79. The number of rotatable bonds is 0. The highest BCUT2D eigenvalue weighted by molar-refractivity contribution is 5.99. The number of anilines is 2. The van der Waals surface area contributed by atoms with Crippen molar-refractivity contribution in [3.05, 3.63) is 23.9 Å². The first-order valence-electron chi connectivity index (χ1n) is 4.02. The van der Waals surface area contributed by atoms with Crippen molar-refractivity contribution in [1.82, 2.24) is 4.68 Å². The number of aryl methyl sites for hydroxylation is 1. The Balaban J connectivity index is 3.00. The van der Waals surface area contributed by atoms with Crippen LogP contribution in [0.2, 0.25) is 0 Å². The van der Waals surface area contributed by atoms with E-state index in [9.17, 15) is 0 Å². The highest BCUT2D eigenvalue weighted by Crippen LogP contribution is 2.27. The van der Waals surface area contributed by atoms with Crippen molar-refractivity contribution in [2.45, 2.75) is 6.92 Å². The van der Waals surface area contributed by atoms with Gasteiger partial charge in [0.2, 0.25) is 0 Å². The van der Waals surface area contributed by atoms with Crippen LogP contribution in [-0.2, 0) is 0 Å². The van der Waals surface area contributed by atoms with Gasteiger partial charge in [0.05, 0.1) is 11.2 Å². The number of benzene rings is 1. The molecule has 2 rings (SSSR count). The molecule has 0 aliphatic rings. The lowest BCUT2D eigenvalue weighted by Crippen LogP contribution is -2.10. The molecule has 0 radical (unpaired) electrons. The van der Waals surface area contributed by atoms with Gasteiger partial charge in [0.25, 0.3) is 0 Å². The van der Waals surface area contributed by atoms with E-state index in [-0.39, 0.29) is 0 Å². The first-order chi connectivity index (χ1) is 6.11. The fourth-order valence-corrected chi connectivity index (χ4v) is 1.52. The maximum atomic E-state index is 5.79. The second kappa shape index (κ2) is 2.32. The van der Waals surface area contributed by atoms with Crippen LogP contribution in [0.25, 0.3) is 10.9 Å². The summed E-state index contributed by atoms with van der Waals surface area (Å²) in [6, 6.07) is 5.48. The lowest BCUT2D eigenvalue weighted by molar-refractivity contribution is 1.00. The average Bonchev–Trinajstić information content (AvgIpc) is 2.38. The minimum Gasteiger partial charge on any atom is -0.398 e. The van der Waals surface area contributed by atoms with Gasteiger partial charge in [0, 0.05) is 16.8 Å². The molecule has 4 heteroatoms. The van der Waals surface area contributed by atoms with E-state index < -0.39 is 0 Å². The van der Waals surface area contributed by atoms with Crippen molar-refractivity contribution in [3.63, 3.8) is 0 Å². The van der Waals surface area contributed by atoms with Crippen molar-refractivity contribution in [1.29, 1.82) is 0 Å². The van der Waals surface area contributed by atoms with Gasteiger partial charge in [-0.2, -0.15) is 0 Å². The Morgan fingerprint density at radius 3 is 2.38 bits per heavy atom. The summed E-state index contributed by atoms with van der Waals surface area (Å²) in [4.78, 5) is 0. The van der Waals surface area contributed by atoms with Crippen LogP contribution < -0.4 is 17.3 Å². The molecule has 0 unspecified atom stereocenters. The fourth-order valence-electron chi connectivity index (χ4n) is 1.52. The molecule has 0 fully saturated rings. The molecule has 1 aromatic heterocycles. The Morgan fingerprint density at radius 1 is 1.15 bits per heavy atom. The zero-order valence-electron chi connectivity index (χ0n) is 7.41. The molecule has 1 aromatic carbocycles. The third-order valence-corrected chi connectivity index (χ3v) is 2.26. The molecule has 1 heterocycles. The molecule has 4 nitrogen and oxygen atoms in total. The van der Waals surface area contributed by atoms with Crippen molar-refractivity contribution < 1.29 is 0 Å². The third kappa shape index (κ3) is 0.917. The number of nitrogen functional groups attached to an aromatic ring is 3. The van der Waals surface area contributed by atoms with Crippen molar-refractivity contribution in [2.24, 2.45) is 0 Å². The maximum Gasteiger partial charge on any atom is 0.0943 e. The molecule has 68 valence electrons. The van der Waals surface area contributed by atoms with Crippen LogP contribution in [0.3, 0.4) is 0 Å². The maximum absolute atomic E-state index is 5.79. The van der Waals surface area contributed by atoms with Crippen molar-refractivity contribution in [2.75, 3.05) is 17.3 Å². The average molecular weight is 176 g/mol. The fraction of sp³-hybridized carbons (Fsp3) is 0.111. The van der Waals surface area contributed by atoms with E-state index in [1.54, 1.807) is 16.8 Å². The van der Waals surface area contributed by atoms with E-state index >= 15 is 0 Å². The Bertz CT molecular complexity index is 470. The number of nitrogens with zero attached hydrogens (tertiary/aromatic N) is 1. The highest BCUT2D eigenvalue weighted by atomic mass is 15.3. The van der Waals surface area contributed by atoms with Gasteiger partial charge in [-0.25, -0.2) is 0 Å². The van der Waals surface area contributed by atoms with Crippen LogP contribution in [0.5, 0.6) is 0 Å². The molecule has 0 bridgehead atoms. The Morgan fingerprint density at radius 2 is 1.77 bits per heavy atom. The quantitative estimate of drug-likeness (QED) is 0.410. The molecule has 6 N–H and O–H groups in total. The van der Waals surface area contributed by atoms with Crippen LogP contribution >= 0.6 is 0 Å². The number of hydrogen-bond donors (Lipinski definition) is 3. The topological polar surface area (TPSA) is 83.0 Å². The van der Waals surface area contributed by atoms with Crippen LogP contribution in [0, 0.1) is 6.92 Å². The van der Waals surface area contributed by atoms with Gasteiger partial charge in [0.15, 0.2) is 0 Å². The summed E-state index contributed by atoms with van der Waals surface area (Å²) in [6.45, 7) is 1.92. The molecule has 0 amide bonds. The predicted molar refractivity (Wildman–Crippen MR) is 55.7 cm³/mol. The predicted octanol–water partition coefficient (Wildman–Crippen LogP) is 0.828. The molecule has 0 spiro atoms. The molecule has 0 saturated carbocycles. The zero-order valence-corrected chi connectivity index (χ0v) is 7.41. The Labute approximate surface area is 75.9 Å². The number of hydrogen-bond acceptors (Lipinski definition) is 3. The second-order valence-corrected chi connectivity index (χ2v) is 3.16. The van der Waals surface area contributed by atoms with E-state index in [1.807, 2.05) is 13.0 Å². The van der Waals surface area contributed by atoms with Gasteiger partial charge in [-0.15, -0.1) is 0 Å². The smallest absolute Gasteiger partial charge is 0.0943 e. The summed E-state index contributed by atoms with van der Waals surface area (Å²) in [6.07, 6.45) is 0. The van der Waals surface area contributed by atoms with Crippen molar-refractivity contribution >= 4 is 22.3 Å². The molecular formula is C9H12N4. The monoisotopic (exact) mass is 176 g/mol. The standard InChI is InChI=1S/C9H12N4/c1-5-4-6-7(10)2-3-8(11)9(6)13(5)12/h2-4H,10-12H2,1H3. The molecular weight excluding hydrogens is 164 g/mol. The van der Waals surface area contributed by atoms with Gasteiger partial charge < -0.3 is 17.3 Å². The van der Waals surface area contributed by atoms with Crippen LogP contribution in [0.1, 0.15) is 5.69 Å². The Kier molecular flexibility index (Phi) is 1.39. The molecule has 0 saturated heterocycles. The SMILES string of the molecule is Cc1cc2c(N)ccc(N)c2n1N. The lowest BCUT2D eigenvalue weighted by atomic mass is 10.2. The van der Waals surface area contributed by atoms with E-state index in [4.69, 9.17) is 17.3 Å². The van der Waals surface area contributed by atoms with Crippen LogP contribution in [0.4, 0.5) is 11.4 Å². The van der Waals surface area contributed by atoms with Crippen LogP contribution in [0.15, 0.2) is 18.2 Å². The molecule has 0 aliphatic carbocycles. The summed E-state index contributed by atoms with van der Waals surface area (Å²) in [5.41, 5.74) is 14.7. The molecule has 0 atom stereocenters. The van der Waals surface area contributed by atoms with Gasteiger partial charge >= 0.3 is 0 Å². The normalized spacial score (nSPS) is 10.8. The summed E-state index contributed by atoms with van der Waals surface area (Å²) in [5.74, 6) is 5.79. The summed E-state index contributed by atoms with van der Waals surface area (Å²) < 4.78 is 1.56. The minimum absolute atomic E-state index is 0.653. The van der Waals surface area contributed by atoms with Gasteiger partial charge in [-0.05, 0) is 25.1 Å².